The van der Waals surface area contributed by atoms with Gasteiger partial charge in [-0.2, -0.15) is 13.2 Å². The summed E-state index contributed by atoms with van der Waals surface area (Å²) in [5.74, 6) is -0.110. The van der Waals surface area contributed by atoms with Crippen LogP contribution >= 0.6 is 11.8 Å². The van der Waals surface area contributed by atoms with E-state index in [9.17, 15) is 18.0 Å². The second-order valence-electron chi connectivity index (χ2n) is 4.16. The van der Waals surface area contributed by atoms with E-state index >= 15 is 0 Å². The SMILES string of the molecule is O=C(NCCSC(F)(F)F)N1CCCC(CO)C1. The van der Waals surface area contributed by atoms with Crippen LogP contribution in [0.3, 0.4) is 0 Å². The van der Waals surface area contributed by atoms with Gasteiger partial charge in [-0.25, -0.2) is 4.79 Å². The number of amides is 2. The van der Waals surface area contributed by atoms with Gasteiger partial charge in [0.1, 0.15) is 0 Å². The Morgan fingerprint density at radius 2 is 2.22 bits per heavy atom. The molecule has 0 radical (unpaired) electrons. The fraction of sp³-hybridized carbons (Fsp3) is 0.900. The number of halogens is 3. The Labute approximate surface area is 108 Å². The van der Waals surface area contributed by atoms with Gasteiger partial charge in [0.25, 0.3) is 0 Å². The summed E-state index contributed by atoms with van der Waals surface area (Å²) in [6, 6.07) is -0.351. The van der Waals surface area contributed by atoms with Gasteiger partial charge in [0.05, 0.1) is 0 Å². The number of alkyl halides is 3. The predicted octanol–water partition coefficient (Wildman–Crippen LogP) is 1.65. The highest BCUT2D eigenvalue weighted by molar-refractivity contribution is 8.00. The van der Waals surface area contributed by atoms with E-state index in [1.54, 1.807) is 4.90 Å². The smallest absolute Gasteiger partial charge is 0.396 e. The Kier molecular flexibility index (Phi) is 6.07. The van der Waals surface area contributed by atoms with Crippen molar-refractivity contribution in [3.63, 3.8) is 0 Å². The van der Waals surface area contributed by atoms with E-state index < -0.39 is 5.51 Å². The van der Waals surface area contributed by atoms with E-state index in [0.29, 0.717) is 13.1 Å². The van der Waals surface area contributed by atoms with Crippen molar-refractivity contribution in [2.75, 3.05) is 32.0 Å². The zero-order valence-corrected chi connectivity index (χ0v) is 10.7. The lowest BCUT2D eigenvalue weighted by Crippen LogP contribution is -2.46. The van der Waals surface area contributed by atoms with Crippen molar-refractivity contribution in [3.05, 3.63) is 0 Å². The number of piperidine rings is 1. The summed E-state index contributed by atoms with van der Waals surface area (Å²) in [6.07, 6.45) is 1.69. The highest BCUT2D eigenvalue weighted by Gasteiger charge is 2.28. The molecule has 106 valence electrons. The molecule has 0 aromatic rings. The van der Waals surface area contributed by atoms with Crippen molar-refractivity contribution >= 4 is 17.8 Å². The molecule has 4 nitrogen and oxygen atoms in total. The van der Waals surface area contributed by atoms with Crippen molar-refractivity contribution in [1.29, 1.82) is 0 Å². The van der Waals surface area contributed by atoms with Crippen LogP contribution in [0.15, 0.2) is 0 Å². The van der Waals surface area contributed by atoms with Gasteiger partial charge in [0.15, 0.2) is 0 Å². The molecule has 1 saturated heterocycles. The standard InChI is InChI=1S/C10H17F3N2O2S/c11-10(12,13)18-5-3-14-9(17)15-4-1-2-8(6-15)7-16/h8,16H,1-7H2,(H,14,17). The number of thioether (sulfide) groups is 1. The molecule has 0 aliphatic carbocycles. The third-order valence-corrected chi connectivity index (χ3v) is 3.44. The van der Waals surface area contributed by atoms with Gasteiger partial charge in [0.2, 0.25) is 0 Å². The maximum Gasteiger partial charge on any atom is 0.441 e. The van der Waals surface area contributed by atoms with Crippen LogP contribution in [0.25, 0.3) is 0 Å². The fourth-order valence-electron chi connectivity index (χ4n) is 1.84. The fourth-order valence-corrected chi connectivity index (χ4v) is 2.27. The molecule has 0 saturated carbocycles. The normalized spacial score (nSPS) is 20.9. The number of aliphatic hydroxyl groups is 1. The maximum atomic E-state index is 11.8. The molecule has 0 bridgehead atoms. The molecule has 18 heavy (non-hydrogen) atoms. The molecule has 2 N–H and O–H groups in total. The lowest BCUT2D eigenvalue weighted by molar-refractivity contribution is -0.0327. The minimum absolute atomic E-state index is 0.0106. The lowest BCUT2D eigenvalue weighted by atomic mass is 9.99. The van der Waals surface area contributed by atoms with Crippen LogP contribution in [0.4, 0.5) is 18.0 Å². The van der Waals surface area contributed by atoms with E-state index in [2.05, 4.69) is 5.32 Å². The molecular weight excluding hydrogens is 269 g/mol. The van der Waals surface area contributed by atoms with Crippen molar-refractivity contribution < 1.29 is 23.1 Å². The minimum Gasteiger partial charge on any atom is -0.396 e. The van der Waals surface area contributed by atoms with Gasteiger partial charge in [-0.3, -0.25) is 0 Å². The van der Waals surface area contributed by atoms with E-state index in [1.807, 2.05) is 0 Å². The summed E-state index contributed by atoms with van der Waals surface area (Å²) >= 11 is -0.146. The monoisotopic (exact) mass is 286 g/mol. The average Bonchev–Trinajstić information content (AvgIpc) is 2.33. The van der Waals surface area contributed by atoms with E-state index in [0.717, 1.165) is 12.8 Å². The molecule has 1 heterocycles. The van der Waals surface area contributed by atoms with E-state index in [1.165, 1.54) is 0 Å². The van der Waals surface area contributed by atoms with Crippen molar-refractivity contribution in [2.45, 2.75) is 18.3 Å². The first-order valence-electron chi connectivity index (χ1n) is 5.76. The van der Waals surface area contributed by atoms with Crippen molar-refractivity contribution in [2.24, 2.45) is 5.92 Å². The Morgan fingerprint density at radius 3 is 2.83 bits per heavy atom. The summed E-state index contributed by atoms with van der Waals surface area (Å²) in [5, 5.41) is 11.5. The van der Waals surface area contributed by atoms with Crippen LogP contribution in [0.5, 0.6) is 0 Å². The Balaban J connectivity index is 2.20. The Morgan fingerprint density at radius 1 is 1.50 bits per heavy atom. The molecule has 1 aliphatic heterocycles. The van der Waals surface area contributed by atoms with Gasteiger partial charge < -0.3 is 15.3 Å². The number of likely N-dealkylation sites (tertiary alicyclic amines) is 1. The number of hydrogen-bond donors (Lipinski definition) is 2. The van der Waals surface area contributed by atoms with Gasteiger partial charge in [-0.15, -0.1) is 0 Å². The van der Waals surface area contributed by atoms with Gasteiger partial charge in [-0.1, -0.05) is 0 Å². The number of nitrogens with zero attached hydrogens (tertiary/aromatic N) is 1. The highest BCUT2D eigenvalue weighted by atomic mass is 32.2. The van der Waals surface area contributed by atoms with Crippen LogP contribution in [-0.4, -0.2) is 53.5 Å². The molecule has 8 heteroatoms. The second kappa shape index (κ2) is 7.08. The van der Waals surface area contributed by atoms with Crippen molar-refractivity contribution in [3.8, 4) is 0 Å². The van der Waals surface area contributed by atoms with Gasteiger partial charge >= 0.3 is 11.5 Å². The molecular formula is C10H17F3N2O2S. The Hall–Kier alpha value is -0.630. The van der Waals surface area contributed by atoms with Crippen LogP contribution in [0.1, 0.15) is 12.8 Å². The molecule has 1 fully saturated rings. The van der Waals surface area contributed by atoms with Crippen LogP contribution in [0, 0.1) is 5.92 Å². The number of rotatable bonds is 4. The van der Waals surface area contributed by atoms with Crippen LogP contribution in [0.2, 0.25) is 0 Å². The Bertz CT molecular complexity index is 276. The number of urea groups is 1. The highest BCUT2D eigenvalue weighted by Crippen LogP contribution is 2.29. The zero-order valence-electron chi connectivity index (χ0n) is 9.87. The lowest BCUT2D eigenvalue weighted by Gasteiger charge is -2.31. The third-order valence-electron chi connectivity index (χ3n) is 2.71. The molecule has 0 spiro atoms. The second-order valence-corrected chi connectivity index (χ2v) is 5.32. The number of carbonyl (C=O) groups excluding carboxylic acids is 1. The largest absolute Gasteiger partial charge is 0.441 e. The number of nitrogens with one attached hydrogen (secondary N) is 1. The average molecular weight is 286 g/mol. The minimum atomic E-state index is -4.25. The number of hydrogen-bond acceptors (Lipinski definition) is 3. The summed E-state index contributed by atoms with van der Waals surface area (Å²) in [6.45, 7) is 1.08. The van der Waals surface area contributed by atoms with Gasteiger partial charge in [0, 0.05) is 32.0 Å². The summed E-state index contributed by atoms with van der Waals surface area (Å²) < 4.78 is 35.5. The molecule has 2 amide bonds. The zero-order chi connectivity index (χ0) is 13.6. The third kappa shape index (κ3) is 5.81. The number of carbonyl (C=O) groups is 1. The first-order chi connectivity index (χ1) is 8.42. The quantitative estimate of drug-likeness (QED) is 0.773. The summed E-state index contributed by atoms with van der Waals surface area (Å²) in [7, 11) is 0. The first kappa shape index (κ1) is 15.4. The molecule has 1 aliphatic rings. The summed E-state index contributed by atoms with van der Waals surface area (Å²) in [4.78, 5) is 13.2. The van der Waals surface area contributed by atoms with Gasteiger partial charge in [-0.05, 0) is 30.5 Å². The topological polar surface area (TPSA) is 52.6 Å². The molecule has 0 aromatic heterocycles. The maximum absolute atomic E-state index is 11.8. The predicted molar refractivity (Wildman–Crippen MR) is 63.3 cm³/mol. The summed E-state index contributed by atoms with van der Waals surface area (Å²) in [5.41, 5.74) is -4.25. The van der Waals surface area contributed by atoms with Crippen LogP contribution in [-0.2, 0) is 0 Å². The number of aliphatic hydroxyl groups excluding tert-OH is 1. The molecule has 1 atom stereocenters. The van der Waals surface area contributed by atoms with E-state index in [4.69, 9.17) is 5.11 Å². The van der Waals surface area contributed by atoms with Crippen LogP contribution < -0.4 is 5.32 Å². The van der Waals surface area contributed by atoms with Crippen molar-refractivity contribution in [1.82, 2.24) is 10.2 Å². The molecule has 1 rings (SSSR count). The molecule has 0 aromatic carbocycles. The first-order valence-corrected chi connectivity index (χ1v) is 6.75. The molecule has 1 unspecified atom stereocenters. The van der Waals surface area contributed by atoms with E-state index in [-0.39, 0.29) is 42.6 Å².